The third kappa shape index (κ3) is 3.24. The summed E-state index contributed by atoms with van der Waals surface area (Å²) in [7, 11) is 0. The van der Waals surface area contributed by atoms with Gasteiger partial charge in [0.1, 0.15) is 0 Å². The molecule has 1 aromatic rings. The zero-order chi connectivity index (χ0) is 14.5. The van der Waals surface area contributed by atoms with E-state index >= 15 is 0 Å². The number of hydrogen-bond donors (Lipinski definition) is 1. The second kappa shape index (κ2) is 6.33. The van der Waals surface area contributed by atoms with Crippen LogP contribution in [-0.2, 0) is 20.9 Å². The molecule has 0 spiro atoms. The highest BCUT2D eigenvalue weighted by atomic mass is 16.5. The fourth-order valence-electron chi connectivity index (χ4n) is 2.11. The van der Waals surface area contributed by atoms with Gasteiger partial charge in [-0.3, -0.25) is 9.59 Å². The van der Waals surface area contributed by atoms with Gasteiger partial charge in [-0.05, 0) is 6.07 Å². The first-order chi connectivity index (χ1) is 9.59. The molecule has 0 bridgehead atoms. The van der Waals surface area contributed by atoms with Crippen molar-refractivity contribution in [3.05, 3.63) is 34.7 Å². The van der Waals surface area contributed by atoms with Gasteiger partial charge in [-0.25, -0.2) is 4.79 Å². The molecule has 1 fully saturated rings. The lowest BCUT2D eigenvalue weighted by atomic mass is 10.2. The number of aryl methyl sites for hydroxylation is 1. The smallest absolute Gasteiger partial charge is 0.328 e. The van der Waals surface area contributed by atoms with E-state index in [2.05, 4.69) is 0 Å². The number of hydrogen-bond acceptors (Lipinski definition) is 4. The topological polar surface area (TPSA) is 88.8 Å². The van der Waals surface area contributed by atoms with Crippen LogP contribution >= 0.6 is 0 Å². The molecule has 7 heteroatoms. The summed E-state index contributed by atoms with van der Waals surface area (Å²) in [5.74, 6) is -1.36. The molecule has 1 aromatic heterocycles. The van der Waals surface area contributed by atoms with Crippen molar-refractivity contribution in [3.8, 4) is 0 Å². The lowest BCUT2D eigenvalue weighted by molar-refractivity contribution is -0.158. The van der Waals surface area contributed by atoms with Gasteiger partial charge < -0.3 is 19.3 Å². The molecular formula is C13H16N2O5. The summed E-state index contributed by atoms with van der Waals surface area (Å²) >= 11 is 0. The number of morpholine rings is 1. The minimum Gasteiger partial charge on any atom is -0.480 e. The molecule has 1 atom stereocenters. The molecule has 1 saturated heterocycles. The number of carboxylic acid groups (broad SMARTS) is 1. The zero-order valence-corrected chi connectivity index (χ0v) is 10.9. The summed E-state index contributed by atoms with van der Waals surface area (Å²) in [6.45, 7) is 0.842. The van der Waals surface area contributed by atoms with Crippen LogP contribution in [0.2, 0.25) is 0 Å². The van der Waals surface area contributed by atoms with Crippen molar-refractivity contribution in [3.63, 3.8) is 0 Å². The summed E-state index contributed by atoms with van der Waals surface area (Å²) in [4.78, 5) is 36.0. The highest BCUT2D eigenvalue weighted by molar-refractivity contribution is 5.83. The van der Waals surface area contributed by atoms with Crippen molar-refractivity contribution in [1.82, 2.24) is 9.47 Å². The van der Waals surface area contributed by atoms with Gasteiger partial charge in [-0.15, -0.1) is 0 Å². The predicted octanol–water partition coefficient (Wildman–Crippen LogP) is -0.450. The van der Waals surface area contributed by atoms with E-state index in [9.17, 15) is 14.4 Å². The van der Waals surface area contributed by atoms with Crippen LogP contribution in [0.4, 0.5) is 0 Å². The van der Waals surface area contributed by atoms with E-state index in [1.54, 1.807) is 18.3 Å². The molecule has 108 valence electrons. The van der Waals surface area contributed by atoms with Gasteiger partial charge in [0, 0.05) is 31.8 Å². The summed E-state index contributed by atoms with van der Waals surface area (Å²) in [5.41, 5.74) is -0.183. The number of carboxylic acids is 1. The Balaban J connectivity index is 1.99. The van der Waals surface area contributed by atoms with Gasteiger partial charge in [-0.2, -0.15) is 0 Å². The Morgan fingerprint density at radius 2 is 2.20 bits per heavy atom. The van der Waals surface area contributed by atoms with Crippen LogP contribution in [0, 0.1) is 0 Å². The van der Waals surface area contributed by atoms with Crippen LogP contribution < -0.4 is 5.56 Å². The second-order valence-corrected chi connectivity index (χ2v) is 4.50. The van der Waals surface area contributed by atoms with Crippen molar-refractivity contribution in [2.24, 2.45) is 0 Å². The number of carbonyl (C=O) groups excluding carboxylic acids is 1. The van der Waals surface area contributed by atoms with Gasteiger partial charge in [-0.1, -0.05) is 6.07 Å². The quantitative estimate of drug-likeness (QED) is 0.807. The molecule has 1 amide bonds. The van der Waals surface area contributed by atoms with Crippen molar-refractivity contribution in [2.45, 2.75) is 19.0 Å². The molecule has 0 saturated carbocycles. The molecule has 0 aromatic carbocycles. The largest absolute Gasteiger partial charge is 0.480 e. The lowest BCUT2D eigenvalue weighted by Gasteiger charge is -2.32. The van der Waals surface area contributed by atoms with Crippen LogP contribution in [0.5, 0.6) is 0 Å². The number of rotatable bonds is 4. The summed E-state index contributed by atoms with van der Waals surface area (Å²) in [6.07, 6.45) is 1.69. The minimum atomic E-state index is -1.07. The number of nitrogens with zero attached hydrogens (tertiary/aromatic N) is 2. The fraction of sp³-hybridized carbons (Fsp3) is 0.462. The Bertz CT molecular complexity index is 554. The molecule has 0 aliphatic carbocycles. The SMILES string of the molecule is O=C(O)[C@H]1COCCN1C(=O)CCn1ccccc1=O. The van der Waals surface area contributed by atoms with Gasteiger partial charge in [0.25, 0.3) is 5.56 Å². The van der Waals surface area contributed by atoms with Crippen LogP contribution in [0.3, 0.4) is 0 Å². The van der Waals surface area contributed by atoms with Crippen molar-refractivity contribution >= 4 is 11.9 Å². The average Bonchev–Trinajstić information content (AvgIpc) is 2.46. The summed E-state index contributed by atoms with van der Waals surface area (Å²) in [5, 5.41) is 9.06. The third-order valence-electron chi connectivity index (χ3n) is 3.20. The summed E-state index contributed by atoms with van der Waals surface area (Å²) in [6, 6.07) is 3.81. The van der Waals surface area contributed by atoms with E-state index in [1.165, 1.54) is 15.5 Å². The monoisotopic (exact) mass is 280 g/mol. The Labute approximate surface area is 115 Å². The summed E-state index contributed by atoms with van der Waals surface area (Å²) < 4.78 is 6.50. The van der Waals surface area contributed by atoms with Crippen LogP contribution in [0.1, 0.15) is 6.42 Å². The maximum atomic E-state index is 12.1. The molecule has 1 aliphatic rings. The lowest BCUT2D eigenvalue weighted by Crippen LogP contribution is -2.52. The molecule has 0 radical (unpaired) electrons. The zero-order valence-electron chi connectivity index (χ0n) is 10.9. The first-order valence-electron chi connectivity index (χ1n) is 6.35. The van der Waals surface area contributed by atoms with E-state index in [4.69, 9.17) is 9.84 Å². The molecule has 1 aliphatic heterocycles. The van der Waals surface area contributed by atoms with Crippen LogP contribution in [-0.4, -0.2) is 52.3 Å². The molecule has 2 rings (SSSR count). The van der Waals surface area contributed by atoms with E-state index in [1.807, 2.05) is 0 Å². The molecule has 2 heterocycles. The van der Waals surface area contributed by atoms with Crippen molar-refractivity contribution in [2.75, 3.05) is 19.8 Å². The van der Waals surface area contributed by atoms with Crippen molar-refractivity contribution in [1.29, 1.82) is 0 Å². The van der Waals surface area contributed by atoms with Crippen molar-refractivity contribution < 1.29 is 19.4 Å². The first-order valence-corrected chi connectivity index (χ1v) is 6.35. The van der Waals surface area contributed by atoms with Crippen LogP contribution in [0.15, 0.2) is 29.2 Å². The molecular weight excluding hydrogens is 264 g/mol. The Hall–Kier alpha value is -2.15. The number of amides is 1. The highest BCUT2D eigenvalue weighted by Crippen LogP contribution is 2.09. The Morgan fingerprint density at radius 1 is 1.40 bits per heavy atom. The normalized spacial score (nSPS) is 18.8. The van der Waals surface area contributed by atoms with Gasteiger partial charge in [0.05, 0.1) is 13.2 Å². The minimum absolute atomic E-state index is 0.00631. The number of aromatic nitrogens is 1. The van der Waals surface area contributed by atoms with Gasteiger partial charge in [0.2, 0.25) is 5.91 Å². The number of pyridine rings is 1. The number of carbonyl (C=O) groups is 2. The molecule has 7 nitrogen and oxygen atoms in total. The van der Waals surface area contributed by atoms with E-state index in [-0.39, 0.29) is 37.6 Å². The second-order valence-electron chi connectivity index (χ2n) is 4.50. The number of ether oxygens (including phenoxy) is 1. The third-order valence-corrected chi connectivity index (χ3v) is 3.20. The van der Waals surface area contributed by atoms with Crippen LogP contribution in [0.25, 0.3) is 0 Å². The van der Waals surface area contributed by atoms with E-state index < -0.39 is 12.0 Å². The fourth-order valence-corrected chi connectivity index (χ4v) is 2.11. The highest BCUT2D eigenvalue weighted by Gasteiger charge is 2.32. The predicted molar refractivity (Wildman–Crippen MR) is 69.3 cm³/mol. The average molecular weight is 280 g/mol. The number of aliphatic carboxylic acids is 1. The maximum Gasteiger partial charge on any atom is 0.328 e. The first kappa shape index (κ1) is 14.3. The van der Waals surface area contributed by atoms with Gasteiger partial charge >= 0.3 is 5.97 Å². The van der Waals surface area contributed by atoms with E-state index in [0.29, 0.717) is 6.61 Å². The Morgan fingerprint density at radius 3 is 2.90 bits per heavy atom. The van der Waals surface area contributed by atoms with Gasteiger partial charge in [0.15, 0.2) is 6.04 Å². The Kier molecular flexibility index (Phi) is 4.52. The molecule has 1 N–H and O–H groups in total. The maximum absolute atomic E-state index is 12.1. The van der Waals surface area contributed by atoms with E-state index in [0.717, 1.165) is 0 Å². The molecule has 20 heavy (non-hydrogen) atoms. The standard InChI is InChI=1S/C13H16N2O5/c16-11-3-1-2-5-14(11)6-4-12(17)15-7-8-20-9-10(15)13(18)19/h1-3,5,10H,4,6-9H2,(H,18,19)/t10-/m1/s1. The molecule has 0 unspecified atom stereocenters.